The van der Waals surface area contributed by atoms with Gasteiger partial charge >= 0.3 is 0 Å². The van der Waals surface area contributed by atoms with Crippen LogP contribution in [0.4, 0.5) is 17.1 Å². The molecule has 0 bridgehead atoms. The predicted octanol–water partition coefficient (Wildman–Crippen LogP) is 11.5. The van der Waals surface area contributed by atoms with Crippen LogP contribution < -0.4 is 4.90 Å². The normalized spacial score (nSPS) is 11.3. The van der Waals surface area contributed by atoms with E-state index in [2.05, 4.69) is 181 Å². The Bertz CT molecular complexity index is 1750. The molecule has 198 valence electrons. The third-order valence-corrected chi connectivity index (χ3v) is 7.94. The van der Waals surface area contributed by atoms with E-state index < -0.39 is 0 Å². The lowest BCUT2D eigenvalue weighted by atomic mass is 9.98. The molecule has 0 aliphatic heterocycles. The van der Waals surface area contributed by atoms with Gasteiger partial charge in [0.25, 0.3) is 0 Å². The van der Waals surface area contributed by atoms with Crippen molar-refractivity contribution in [3.63, 3.8) is 0 Å². The van der Waals surface area contributed by atoms with E-state index in [9.17, 15) is 0 Å². The van der Waals surface area contributed by atoms with Gasteiger partial charge in [-0.2, -0.15) is 0 Å². The molecule has 0 aliphatic rings. The smallest absolute Gasteiger partial charge is 0.0569 e. The number of anilines is 3. The molecule has 0 N–H and O–H groups in total. The van der Waals surface area contributed by atoms with Crippen molar-refractivity contribution >= 4 is 52.7 Å². The van der Waals surface area contributed by atoms with Gasteiger partial charge in [-0.25, -0.2) is 0 Å². The zero-order chi connectivity index (χ0) is 27.9. The minimum atomic E-state index is 1.13. The van der Waals surface area contributed by atoms with Gasteiger partial charge < -0.3 is 4.90 Å². The van der Waals surface area contributed by atoms with Crippen LogP contribution in [0.2, 0.25) is 0 Å². The fraction of sp³-hybridized carbons (Fsp3) is 0.0256. The van der Waals surface area contributed by atoms with E-state index in [-0.39, 0.29) is 0 Å². The number of benzene rings is 5. The molecule has 0 amide bonds. The largest absolute Gasteiger partial charge is 0.310 e. The van der Waals surface area contributed by atoms with Crippen molar-refractivity contribution in [3.05, 3.63) is 172 Å². The minimum absolute atomic E-state index is 1.13. The number of nitrogens with zero attached hydrogens (tertiary/aromatic N) is 1. The van der Waals surface area contributed by atoms with Crippen molar-refractivity contribution in [1.29, 1.82) is 0 Å². The van der Waals surface area contributed by atoms with Gasteiger partial charge in [0.05, 0.1) is 5.69 Å². The molecule has 6 rings (SSSR count). The highest BCUT2D eigenvalue weighted by Gasteiger charge is 2.18. The summed E-state index contributed by atoms with van der Waals surface area (Å²) >= 11 is 1.75. The van der Waals surface area contributed by atoms with Crippen LogP contribution in [0.15, 0.2) is 145 Å². The van der Waals surface area contributed by atoms with Gasteiger partial charge in [0.1, 0.15) is 0 Å². The van der Waals surface area contributed by atoms with Crippen molar-refractivity contribution in [3.8, 4) is 11.1 Å². The molecule has 0 aliphatic carbocycles. The number of hydrogen-bond donors (Lipinski definition) is 0. The van der Waals surface area contributed by atoms with E-state index in [1.165, 1.54) is 38.4 Å². The summed E-state index contributed by atoms with van der Waals surface area (Å²) in [7, 11) is 0. The molecule has 1 aromatic heterocycles. The molecule has 0 unspecified atom stereocenters. The van der Waals surface area contributed by atoms with Crippen molar-refractivity contribution in [2.24, 2.45) is 0 Å². The SMILES string of the molecule is Cc1cccc(-c2ccccc2)c1N(c1ccccc1)c1ccc(C=Cc2ccc(C=Cc3cccs3)cc2)cc1. The Balaban J connectivity index is 1.28. The molecule has 0 saturated carbocycles. The third-order valence-electron chi connectivity index (χ3n) is 7.10. The first-order valence-corrected chi connectivity index (χ1v) is 14.7. The van der Waals surface area contributed by atoms with E-state index in [1.807, 2.05) is 0 Å². The molecule has 5 aromatic carbocycles. The van der Waals surface area contributed by atoms with Crippen LogP contribution in [0, 0.1) is 6.92 Å². The molecule has 41 heavy (non-hydrogen) atoms. The Hall–Kier alpha value is -4.92. The molecule has 0 fully saturated rings. The van der Waals surface area contributed by atoms with Gasteiger partial charge in [0, 0.05) is 21.8 Å². The van der Waals surface area contributed by atoms with Gasteiger partial charge in [0.15, 0.2) is 0 Å². The summed E-state index contributed by atoms with van der Waals surface area (Å²) in [5, 5.41) is 2.10. The topological polar surface area (TPSA) is 3.24 Å². The summed E-state index contributed by atoms with van der Waals surface area (Å²) in [4.78, 5) is 3.63. The van der Waals surface area contributed by atoms with Crippen molar-refractivity contribution in [2.45, 2.75) is 6.92 Å². The van der Waals surface area contributed by atoms with E-state index in [0.717, 1.165) is 16.9 Å². The maximum Gasteiger partial charge on any atom is 0.0569 e. The van der Waals surface area contributed by atoms with Gasteiger partial charge in [-0.15, -0.1) is 11.3 Å². The first-order valence-electron chi connectivity index (χ1n) is 13.8. The lowest BCUT2D eigenvalue weighted by Crippen LogP contribution is -2.12. The standard InChI is InChI=1S/C39H31NS/c1-30-10-8-16-38(34-11-4-2-5-12-34)39(30)40(35-13-6-3-7-14-35)36-26-23-33(24-27-36)22-19-31-17-20-32(21-18-31)25-28-37-15-9-29-41-37/h2-29H,1H3. The summed E-state index contributed by atoms with van der Waals surface area (Å²) in [6, 6.07) is 49.5. The molecular formula is C39H31NS. The van der Waals surface area contributed by atoms with Gasteiger partial charge in [0.2, 0.25) is 0 Å². The Morgan fingerprint density at radius 2 is 1.05 bits per heavy atom. The highest BCUT2D eigenvalue weighted by atomic mass is 32.1. The Labute approximate surface area is 247 Å². The Morgan fingerprint density at radius 3 is 1.66 bits per heavy atom. The molecule has 1 nitrogen and oxygen atoms in total. The Kier molecular flexibility index (Phi) is 8.02. The quantitative estimate of drug-likeness (QED) is 0.172. The van der Waals surface area contributed by atoms with E-state index >= 15 is 0 Å². The lowest BCUT2D eigenvalue weighted by molar-refractivity contribution is 1.25. The second kappa shape index (κ2) is 12.5. The average Bonchev–Trinajstić information content (AvgIpc) is 3.56. The average molecular weight is 546 g/mol. The first-order chi connectivity index (χ1) is 20.2. The highest BCUT2D eigenvalue weighted by Crippen LogP contribution is 2.42. The maximum absolute atomic E-state index is 2.37. The summed E-state index contributed by atoms with van der Waals surface area (Å²) in [5.41, 5.74) is 10.7. The van der Waals surface area contributed by atoms with Crippen molar-refractivity contribution < 1.29 is 0 Å². The van der Waals surface area contributed by atoms with Crippen molar-refractivity contribution in [2.75, 3.05) is 4.90 Å². The summed E-state index contributed by atoms with van der Waals surface area (Å²) in [5.74, 6) is 0. The van der Waals surface area contributed by atoms with Crippen LogP contribution in [0.3, 0.4) is 0 Å². The predicted molar refractivity (Wildman–Crippen MR) is 180 cm³/mol. The van der Waals surface area contributed by atoms with Crippen molar-refractivity contribution in [1.82, 2.24) is 0 Å². The molecule has 0 radical (unpaired) electrons. The number of para-hydroxylation sites is 2. The maximum atomic E-state index is 2.37. The van der Waals surface area contributed by atoms with E-state index in [4.69, 9.17) is 0 Å². The minimum Gasteiger partial charge on any atom is -0.310 e. The highest BCUT2D eigenvalue weighted by molar-refractivity contribution is 7.10. The van der Waals surface area contributed by atoms with Gasteiger partial charge in [-0.3, -0.25) is 0 Å². The number of rotatable bonds is 8. The fourth-order valence-electron chi connectivity index (χ4n) is 5.00. The van der Waals surface area contributed by atoms with Crippen LogP contribution in [-0.2, 0) is 0 Å². The summed E-state index contributed by atoms with van der Waals surface area (Å²) < 4.78 is 0. The van der Waals surface area contributed by atoms with E-state index in [1.54, 1.807) is 11.3 Å². The van der Waals surface area contributed by atoms with Crippen LogP contribution in [0.1, 0.15) is 27.1 Å². The van der Waals surface area contributed by atoms with Gasteiger partial charge in [-0.05, 0) is 76.5 Å². The molecule has 6 aromatic rings. The monoisotopic (exact) mass is 545 g/mol. The number of hydrogen-bond acceptors (Lipinski definition) is 2. The first kappa shape index (κ1) is 26.3. The van der Waals surface area contributed by atoms with Crippen LogP contribution in [0.5, 0.6) is 0 Å². The molecule has 2 heteroatoms. The summed E-state index contributed by atoms with van der Waals surface area (Å²) in [6.45, 7) is 2.19. The number of thiophene rings is 1. The Morgan fingerprint density at radius 1 is 0.488 bits per heavy atom. The summed E-state index contributed by atoms with van der Waals surface area (Å²) in [6.07, 6.45) is 8.67. The lowest BCUT2D eigenvalue weighted by Gasteiger charge is -2.29. The van der Waals surface area contributed by atoms with Crippen LogP contribution in [0.25, 0.3) is 35.4 Å². The molecule has 0 atom stereocenters. The van der Waals surface area contributed by atoms with E-state index in [0.29, 0.717) is 0 Å². The molecule has 1 heterocycles. The zero-order valence-electron chi connectivity index (χ0n) is 23.0. The molecular weight excluding hydrogens is 515 g/mol. The van der Waals surface area contributed by atoms with Crippen LogP contribution in [-0.4, -0.2) is 0 Å². The third kappa shape index (κ3) is 6.30. The van der Waals surface area contributed by atoms with Gasteiger partial charge in [-0.1, -0.05) is 127 Å². The van der Waals surface area contributed by atoms with Crippen LogP contribution >= 0.6 is 11.3 Å². The molecule has 0 saturated heterocycles. The fourth-order valence-corrected chi connectivity index (χ4v) is 5.62. The second-order valence-electron chi connectivity index (χ2n) is 9.95. The molecule has 0 spiro atoms. The zero-order valence-corrected chi connectivity index (χ0v) is 23.8. The number of aryl methyl sites for hydroxylation is 1. The second-order valence-corrected chi connectivity index (χ2v) is 10.9.